The Morgan fingerprint density at radius 2 is 2.00 bits per heavy atom. The smallest absolute Gasteiger partial charge is 0.0468 e. The molecular formula is C19H29NO. The van der Waals surface area contributed by atoms with Crippen LogP contribution in [0.5, 0.6) is 0 Å². The zero-order valence-corrected chi connectivity index (χ0v) is 13.3. The lowest BCUT2D eigenvalue weighted by molar-refractivity contribution is 0.0592. The molecule has 116 valence electrons. The lowest BCUT2D eigenvalue weighted by Gasteiger charge is -2.36. The molecule has 2 atom stereocenters. The number of hydrogen-bond acceptors (Lipinski definition) is 2. The number of nitrogens with one attached hydrogen (secondary N) is 1. The second-order valence-electron chi connectivity index (χ2n) is 6.65. The van der Waals surface area contributed by atoms with Gasteiger partial charge >= 0.3 is 0 Å². The monoisotopic (exact) mass is 287 g/mol. The molecule has 0 aromatic heterocycles. The van der Waals surface area contributed by atoms with E-state index in [-0.39, 0.29) is 0 Å². The number of hydrogen-bond donors (Lipinski definition) is 1. The minimum Gasteiger partial charge on any atom is -0.381 e. The number of likely N-dealkylation sites (N-methyl/N-ethyl adjacent to an activating group) is 1. The SMILES string of the molecule is CCNC(CC1CCOCC1)C1CCCc2ccccc21. The maximum atomic E-state index is 5.52. The van der Waals surface area contributed by atoms with Gasteiger partial charge in [-0.1, -0.05) is 31.2 Å². The van der Waals surface area contributed by atoms with Crippen molar-refractivity contribution in [2.45, 2.75) is 57.4 Å². The molecule has 1 N–H and O–H groups in total. The number of fused-ring (bicyclic) bond motifs is 1. The molecule has 3 rings (SSSR count). The number of rotatable bonds is 5. The second kappa shape index (κ2) is 7.42. The zero-order chi connectivity index (χ0) is 14.5. The van der Waals surface area contributed by atoms with E-state index in [9.17, 15) is 0 Å². The molecule has 2 unspecified atom stereocenters. The fourth-order valence-corrected chi connectivity index (χ4v) is 4.20. The number of ether oxygens (including phenoxy) is 1. The average molecular weight is 287 g/mol. The van der Waals surface area contributed by atoms with Gasteiger partial charge in [0.15, 0.2) is 0 Å². The van der Waals surface area contributed by atoms with E-state index in [0.29, 0.717) is 12.0 Å². The lowest BCUT2D eigenvalue weighted by Crippen LogP contribution is -2.39. The number of aryl methyl sites for hydroxylation is 1. The predicted octanol–water partition coefficient (Wildman–Crippen LogP) is 3.90. The lowest BCUT2D eigenvalue weighted by atomic mass is 9.75. The molecule has 2 nitrogen and oxygen atoms in total. The third kappa shape index (κ3) is 3.67. The molecule has 0 spiro atoms. The Kier molecular flexibility index (Phi) is 5.32. The van der Waals surface area contributed by atoms with Gasteiger partial charge in [-0.3, -0.25) is 0 Å². The summed E-state index contributed by atoms with van der Waals surface area (Å²) < 4.78 is 5.52. The van der Waals surface area contributed by atoms with Gasteiger partial charge in [0.05, 0.1) is 0 Å². The van der Waals surface area contributed by atoms with E-state index in [1.807, 2.05) is 0 Å². The Hall–Kier alpha value is -0.860. The third-order valence-corrected chi connectivity index (χ3v) is 5.30. The summed E-state index contributed by atoms with van der Waals surface area (Å²) >= 11 is 0. The second-order valence-corrected chi connectivity index (χ2v) is 6.65. The van der Waals surface area contributed by atoms with E-state index in [1.165, 1.54) is 38.5 Å². The first-order chi connectivity index (χ1) is 10.4. The summed E-state index contributed by atoms with van der Waals surface area (Å²) in [4.78, 5) is 0. The fourth-order valence-electron chi connectivity index (χ4n) is 4.20. The van der Waals surface area contributed by atoms with Crippen LogP contribution in [0.4, 0.5) is 0 Å². The van der Waals surface area contributed by atoms with Gasteiger partial charge in [0.2, 0.25) is 0 Å². The molecule has 0 saturated carbocycles. The van der Waals surface area contributed by atoms with Crippen molar-refractivity contribution in [3.05, 3.63) is 35.4 Å². The van der Waals surface area contributed by atoms with Gasteiger partial charge in [-0.05, 0) is 68.0 Å². The average Bonchev–Trinajstić information content (AvgIpc) is 2.55. The number of benzene rings is 1. The summed E-state index contributed by atoms with van der Waals surface area (Å²) in [5, 5.41) is 3.80. The third-order valence-electron chi connectivity index (χ3n) is 5.30. The summed E-state index contributed by atoms with van der Waals surface area (Å²) in [7, 11) is 0. The van der Waals surface area contributed by atoms with Crippen LogP contribution >= 0.6 is 0 Å². The normalized spacial score (nSPS) is 24.5. The molecule has 2 aliphatic rings. The van der Waals surface area contributed by atoms with Gasteiger partial charge in [-0.2, -0.15) is 0 Å². The van der Waals surface area contributed by atoms with E-state index in [1.54, 1.807) is 11.1 Å². The van der Waals surface area contributed by atoms with Crippen molar-refractivity contribution in [2.75, 3.05) is 19.8 Å². The quantitative estimate of drug-likeness (QED) is 0.887. The highest BCUT2D eigenvalue weighted by atomic mass is 16.5. The predicted molar refractivity (Wildman–Crippen MR) is 87.7 cm³/mol. The van der Waals surface area contributed by atoms with Crippen LogP contribution in [0.15, 0.2) is 24.3 Å². The van der Waals surface area contributed by atoms with Crippen molar-refractivity contribution in [3.63, 3.8) is 0 Å². The van der Waals surface area contributed by atoms with Crippen LogP contribution in [0.1, 0.15) is 56.1 Å². The minimum atomic E-state index is 0.638. The summed E-state index contributed by atoms with van der Waals surface area (Å²) in [5.41, 5.74) is 3.20. The summed E-state index contributed by atoms with van der Waals surface area (Å²) in [6, 6.07) is 9.75. The molecule has 1 aliphatic carbocycles. The van der Waals surface area contributed by atoms with Gasteiger partial charge in [0.25, 0.3) is 0 Å². The van der Waals surface area contributed by atoms with E-state index < -0.39 is 0 Å². The van der Waals surface area contributed by atoms with Crippen molar-refractivity contribution < 1.29 is 4.74 Å². The first-order valence-electron chi connectivity index (χ1n) is 8.77. The molecule has 1 saturated heterocycles. The van der Waals surface area contributed by atoms with Gasteiger partial charge < -0.3 is 10.1 Å². The van der Waals surface area contributed by atoms with Gasteiger partial charge in [-0.15, -0.1) is 0 Å². The van der Waals surface area contributed by atoms with Crippen LogP contribution in [0.3, 0.4) is 0 Å². The van der Waals surface area contributed by atoms with Gasteiger partial charge in [0.1, 0.15) is 0 Å². The Morgan fingerprint density at radius 1 is 1.19 bits per heavy atom. The Bertz CT molecular complexity index is 439. The van der Waals surface area contributed by atoms with E-state index in [0.717, 1.165) is 25.7 Å². The summed E-state index contributed by atoms with van der Waals surface area (Å²) in [5.74, 6) is 1.55. The molecule has 1 aliphatic heterocycles. The van der Waals surface area contributed by atoms with Crippen molar-refractivity contribution in [1.29, 1.82) is 0 Å². The topological polar surface area (TPSA) is 21.3 Å². The van der Waals surface area contributed by atoms with Crippen molar-refractivity contribution in [2.24, 2.45) is 5.92 Å². The fraction of sp³-hybridized carbons (Fsp3) is 0.684. The molecule has 0 bridgehead atoms. The summed E-state index contributed by atoms with van der Waals surface area (Å²) in [6.45, 7) is 5.24. The van der Waals surface area contributed by atoms with Crippen LogP contribution in [-0.2, 0) is 11.2 Å². The largest absolute Gasteiger partial charge is 0.381 e. The summed E-state index contributed by atoms with van der Waals surface area (Å²) in [6.07, 6.45) is 7.76. The zero-order valence-electron chi connectivity index (χ0n) is 13.3. The molecule has 1 heterocycles. The molecule has 1 fully saturated rings. The van der Waals surface area contributed by atoms with Crippen LogP contribution < -0.4 is 5.32 Å². The molecule has 0 amide bonds. The van der Waals surface area contributed by atoms with Gasteiger partial charge in [0, 0.05) is 19.3 Å². The van der Waals surface area contributed by atoms with E-state index >= 15 is 0 Å². The maximum absolute atomic E-state index is 5.52. The standard InChI is InChI=1S/C19H29NO/c1-2-20-19(14-15-10-12-21-13-11-15)18-9-5-7-16-6-3-4-8-17(16)18/h3-4,6,8,15,18-20H,2,5,7,9-14H2,1H3. The highest BCUT2D eigenvalue weighted by molar-refractivity contribution is 5.33. The first kappa shape index (κ1) is 15.1. The van der Waals surface area contributed by atoms with Crippen LogP contribution in [-0.4, -0.2) is 25.8 Å². The Morgan fingerprint density at radius 3 is 2.81 bits per heavy atom. The van der Waals surface area contributed by atoms with Crippen molar-refractivity contribution >= 4 is 0 Å². The van der Waals surface area contributed by atoms with Crippen LogP contribution in [0.25, 0.3) is 0 Å². The Balaban J connectivity index is 1.74. The maximum Gasteiger partial charge on any atom is 0.0468 e. The molecule has 1 aromatic rings. The molecule has 0 radical (unpaired) electrons. The highest BCUT2D eigenvalue weighted by Crippen LogP contribution is 2.37. The molecule has 21 heavy (non-hydrogen) atoms. The van der Waals surface area contributed by atoms with Crippen molar-refractivity contribution in [1.82, 2.24) is 5.32 Å². The van der Waals surface area contributed by atoms with Gasteiger partial charge in [-0.25, -0.2) is 0 Å². The van der Waals surface area contributed by atoms with Crippen LogP contribution in [0.2, 0.25) is 0 Å². The molecule has 2 heteroatoms. The van der Waals surface area contributed by atoms with E-state index in [2.05, 4.69) is 36.5 Å². The minimum absolute atomic E-state index is 0.638. The molecule has 1 aromatic carbocycles. The first-order valence-corrected chi connectivity index (χ1v) is 8.77. The van der Waals surface area contributed by atoms with Crippen molar-refractivity contribution in [3.8, 4) is 0 Å². The highest BCUT2D eigenvalue weighted by Gasteiger charge is 2.29. The van der Waals surface area contributed by atoms with E-state index in [4.69, 9.17) is 4.74 Å². The van der Waals surface area contributed by atoms with Crippen LogP contribution in [0, 0.1) is 5.92 Å². The molecular weight excluding hydrogens is 258 g/mol. The Labute approximate surface area is 129 Å².